The molecule has 0 saturated heterocycles. The number of para-hydroxylation sites is 1. The SMILES string of the molecule is COc1cccc(-c2cc(Cl)cc3c2O[C@@H](COS(=O)(=O)c2ccc(C)cc2)CO3)c1OC. The molecular formula is C24H23ClO7S. The Morgan fingerprint density at radius 2 is 1.79 bits per heavy atom. The molecule has 0 spiro atoms. The fourth-order valence-corrected chi connectivity index (χ4v) is 4.65. The van der Waals surface area contributed by atoms with Gasteiger partial charge in [0.1, 0.15) is 13.2 Å². The van der Waals surface area contributed by atoms with Crippen LogP contribution in [0.25, 0.3) is 11.1 Å². The highest BCUT2D eigenvalue weighted by Gasteiger charge is 2.29. The lowest BCUT2D eigenvalue weighted by atomic mass is 10.0. The second-order valence-corrected chi connectivity index (χ2v) is 9.48. The number of methoxy groups -OCH3 is 2. The average molecular weight is 491 g/mol. The smallest absolute Gasteiger partial charge is 0.297 e. The molecule has 33 heavy (non-hydrogen) atoms. The van der Waals surface area contributed by atoms with Crippen molar-refractivity contribution in [1.82, 2.24) is 0 Å². The van der Waals surface area contributed by atoms with Gasteiger partial charge in [-0.2, -0.15) is 8.42 Å². The van der Waals surface area contributed by atoms with E-state index in [4.69, 9.17) is 34.7 Å². The Balaban J connectivity index is 1.61. The predicted octanol–water partition coefficient (Wildman–Crippen LogP) is 4.88. The molecule has 0 saturated carbocycles. The number of hydrogen-bond acceptors (Lipinski definition) is 7. The summed E-state index contributed by atoms with van der Waals surface area (Å²) in [6, 6.07) is 15.3. The fourth-order valence-electron chi connectivity index (χ4n) is 3.50. The van der Waals surface area contributed by atoms with Gasteiger partial charge in [0, 0.05) is 22.2 Å². The van der Waals surface area contributed by atoms with E-state index in [0.29, 0.717) is 39.1 Å². The molecule has 4 rings (SSSR count). The molecule has 0 bridgehead atoms. The molecule has 0 N–H and O–H groups in total. The van der Waals surface area contributed by atoms with Crippen LogP contribution in [0, 0.1) is 6.92 Å². The zero-order valence-corrected chi connectivity index (χ0v) is 19.9. The zero-order valence-electron chi connectivity index (χ0n) is 18.3. The van der Waals surface area contributed by atoms with Crippen LogP contribution in [0.4, 0.5) is 0 Å². The van der Waals surface area contributed by atoms with Gasteiger partial charge in [0.2, 0.25) is 0 Å². The molecule has 0 aromatic heterocycles. The minimum atomic E-state index is -3.94. The quantitative estimate of drug-likeness (QED) is 0.437. The first-order valence-electron chi connectivity index (χ1n) is 10.1. The third-order valence-electron chi connectivity index (χ3n) is 5.14. The van der Waals surface area contributed by atoms with Gasteiger partial charge in [0.25, 0.3) is 10.1 Å². The van der Waals surface area contributed by atoms with Crippen LogP contribution in [-0.2, 0) is 14.3 Å². The van der Waals surface area contributed by atoms with Crippen molar-refractivity contribution >= 4 is 21.7 Å². The first-order valence-corrected chi connectivity index (χ1v) is 11.9. The molecule has 0 amide bonds. The van der Waals surface area contributed by atoms with E-state index >= 15 is 0 Å². The highest BCUT2D eigenvalue weighted by molar-refractivity contribution is 7.86. The van der Waals surface area contributed by atoms with Crippen LogP contribution in [0.3, 0.4) is 0 Å². The maximum atomic E-state index is 12.6. The van der Waals surface area contributed by atoms with Crippen LogP contribution in [0.5, 0.6) is 23.0 Å². The summed E-state index contributed by atoms with van der Waals surface area (Å²) in [4.78, 5) is 0.0822. The highest BCUT2D eigenvalue weighted by atomic mass is 35.5. The van der Waals surface area contributed by atoms with Gasteiger partial charge in [-0.05, 0) is 31.2 Å². The average Bonchev–Trinajstić information content (AvgIpc) is 2.82. The monoisotopic (exact) mass is 490 g/mol. The van der Waals surface area contributed by atoms with Crippen molar-refractivity contribution < 1.29 is 31.5 Å². The van der Waals surface area contributed by atoms with Gasteiger partial charge in [0.15, 0.2) is 29.1 Å². The highest BCUT2D eigenvalue weighted by Crippen LogP contribution is 2.48. The van der Waals surface area contributed by atoms with Crippen LogP contribution in [-0.4, -0.2) is 42.0 Å². The second kappa shape index (κ2) is 9.51. The third-order valence-corrected chi connectivity index (χ3v) is 6.65. The van der Waals surface area contributed by atoms with Crippen LogP contribution >= 0.6 is 11.6 Å². The number of fused-ring (bicyclic) bond motifs is 1. The van der Waals surface area contributed by atoms with Crippen molar-refractivity contribution in [3.05, 3.63) is 65.2 Å². The standard InChI is InChI=1S/C24H23ClO7S/c1-15-7-9-18(10-8-15)33(26,27)31-14-17-13-30-22-12-16(25)11-20(24(22)32-17)19-5-4-6-21(28-2)23(19)29-3/h4-12,17H,13-14H2,1-3H3/t17-/m1/s1. The molecule has 1 aliphatic heterocycles. The van der Waals surface area contributed by atoms with Crippen molar-refractivity contribution in [2.24, 2.45) is 0 Å². The van der Waals surface area contributed by atoms with Gasteiger partial charge < -0.3 is 18.9 Å². The summed E-state index contributed by atoms with van der Waals surface area (Å²) in [6.45, 7) is 1.77. The third kappa shape index (κ3) is 4.88. The molecular weight excluding hydrogens is 468 g/mol. The van der Waals surface area contributed by atoms with Crippen molar-refractivity contribution in [2.75, 3.05) is 27.4 Å². The number of halogens is 1. The van der Waals surface area contributed by atoms with E-state index in [0.717, 1.165) is 5.56 Å². The molecule has 174 valence electrons. The first kappa shape index (κ1) is 23.2. The summed E-state index contributed by atoms with van der Waals surface area (Å²) in [5.74, 6) is 1.91. The lowest BCUT2D eigenvalue weighted by Gasteiger charge is -2.28. The molecule has 0 fully saturated rings. The fraction of sp³-hybridized carbons (Fsp3) is 0.250. The minimum Gasteiger partial charge on any atom is -0.493 e. The summed E-state index contributed by atoms with van der Waals surface area (Å²) in [5.41, 5.74) is 2.26. The zero-order chi connectivity index (χ0) is 23.6. The Kier molecular flexibility index (Phi) is 6.69. The second-order valence-electron chi connectivity index (χ2n) is 7.42. The maximum absolute atomic E-state index is 12.6. The molecule has 9 heteroatoms. The molecule has 0 aliphatic carbocycles. The maximum Gasteiger partial charge on any atom is 0.297 e. The first-order chi connectivity index (χ1) is 15.8. The number of hydrogen-bond donors (Lipinski definition) is 0. The predicted molar refractivity (Wildman–Crippen MR) is 124 cm³/mol. The largest absolute Gasteiger partial charge is 0.493 e. The van der Waals surface area contributed by atoms with Crippen LogP contribution in [0.15, 0.2) is 59.5 Å². The number of rotatable bonds is 7. The van der Waals surface area contributed by atoms with Gasteiger partial charge in [-0.1, -0.05) is 41.4 Å². The Morgan fingerprint density at radius 3 is 2.48 bits per heavy atom. The van der Waals surface area contributed by atoms with E-state index in [1.807, 2.05) is 19.1 Å². The molecule has 3 aromatic carbocycles. The normalized spacial score (nSPS) is 15.2. The van der Waals surface area contributed by atoms with E-state index in [1.165, 1.54) is 12.1 Å². The molecule has 7 nitrogen and oxygen atoms in total. The number of benzene rings is 3. The molecule has 0 unspecified atom stereocenters. The van der Waals surface area contributed by atoms with E-state index in [1.54, 1.807) is 44.6 Å². The Hall–Kier alpha value is -2.94. The Bertz CT molecular complexity index is 1260. The lowest BCUT2D eigenvalue weighted by Crippen LogP contribution is -2.34. The van der Waals surface area contributed by atoms with Gasteiger partial charge in [-0.15, -0.1) is 0 Å². The molecule has 3 aromatic rings. The van der Waals surface area contributed by atoms with Gasteiger partial charge >= 0.3 is 0 Å². The molecule has 1 aliphatic rings. The van der Waals surface area contributed by atoms with Crippen LogP contribution < -0.4 is 18.9 Å². The topological polar surface area (TPSA) is 80.3 Å². The van der Waals surface area contributed by atoms with Gasteiger partial charge in [-0.3, -0.25) is 4.18 Å². The summed E-state index contributed by atoms with van der Waals surface area (Å²) >= 11 is 6.33. The summed E-state index contributed by atoms with van der Waals surface area (Å²) in [7, 11) is -0.840. The molecule has 0 radical (unpaired) electrons. The summed E-state index contributed by atoms with van der Waals surface area (Å²) in [6.07, 6.45) is -0.658. The van der Waals surface area contributed by atoms with E-state index in [2.05, 4.69) is 0 Å². The van der Waals surface area contributed by atoms with Crippen molar-refractivity contribution in [2.45, 2.75) is 17.9 Å². The number of aryl methyl sites for hydroxylation is 1. The van der Waals surface area contributed by atoms with E-state index in [-0.39, 0.29) is 18.1 Å². The van der Waals surface area contributed by atoms with Crippen molar-refractivity contribution in [3.63, 3.8) is 0 Å². The summed E-state index contributed by atoms with van der Waals surface area (Å²) in [5, 5.41) is 0.453. The lowest BCUT2D eigenvalue weighted by molar-refractivity contribution is 0.0561. The van der Waals surface area contributed by atoms with E-state index < -0.39 is 16.2 Å². The Labute approximate surface area is 197 Å². The Morgan fingerprint density at radius 1 is 1.03 bits per heavy atom. The summed E-state index contributed by atoms with van der Waals surface area (Å²) < 4.78 is 53.3. The van der Waals surface area contributed by atoms with E-state index in [9.17, 15) is 8.42 Å². The molecule has 1 heterocycles. The molecule has 1 atom stereocenters. The van der Waals surface area contributed by atoms with Crippen molar-refractivity contribution in [1.29, 1.82) is 0 Å². The number of ether oxygens (including phenoxy) is 4. The van der Waals surface area contributed by atoms with Crippen LogP contribution in [0.1, 0.15) is 5.56 Å². The van der Waals surface area contributed by atoms with Crippen molar-refractivity contribution in [3.8, 4) is 34.1 Å². The van der Waals surface area contributed by atoms with Gasteiger partial charge in [-0.25, -0.2) is 0 Å². The minimum absolute atomic E-state index is 0.0822. The van der Waals surface area contributed by atoms with Gasteiger partial charge in [0.05, 0.1) is 19.1 Å². The van der Waals surface area contributed by atoms with Crippen LogP contribution in [0.2, 0.25) is 5.02 Å².